The predicted molar refractivity (Wildman–Crippen MR) is 66.5 cm³/mol. The lowest BCUT2D eigenvalue weighted by Crippen LogP contribution is -2.43. The number of hydrogen-bond donors (Lipinski definition) is 1. The molecule has 1 aliphatic rings. The molecular formula is C13H27NO2. The van der Waals surface area contributed by atoms with Crippen LogP contribution in [0.25, 0.3) is 0 Å². The van der Waals surface area contributed by atoms with E-state index in [1.807, 2.05) is 13.8 Å². The molecule has 1 fully saturated rings. The molecule has 0 saturated carbocycles. The van der Waals surface area contributed by atoms with Crippen LogP contribution in [0.15, 0.2) is 0 Å². The lowest BCUT2D eigenvalue weighted by atomic mass is 9.92. The van der Waals surface area contributed by atoms with Gasteiger partial charge in [-0.15, -0.1) is 0 Å². The van der Waals surface area contributed by atoms with Crippen LogP contribution in [-0.4, -0.2) is 48.5 Å². The van der Waals surface area contributed by atoms with Crippen molar-refractivity contribution in [1.29, 1.82) is 0 Å². The number of hydrogen-bond acceptors (Lipinski definition) is 3. The van der Waals surface area contributed by atoms with Crippen molar-refractivity contribution >= 4 is 0 Å². The van der Waals surface area contributed by atoms with E-state index in [-0.39, 0.29) is 12.2 Å². The molecule has 16 heavy (non-hydrogen) atoms. The average molecular weight is 229 g/mol. The van der Waals surface area contributed by atoms with E-state index in [1.165, 1.54) is 6.42 Å². The molecule has 0 aliphatic carbocycles. The van der Waals surface area contributed by atoms with Crippen LogP contribution in [0.4, 0.5) is 0 Å². The predicted octanol–water partition coefficient (Wildman–Crippen LogP) is 1.75. The molecule has 1 aliphatic heterocycles. The van der Waals surface area contributed by atoms with Crippen LogP contribution in [-0.2, 0) is 4.74 Å². The Hall–Kier alpha value is -0.120. The Kier molecular flexibility index (Phi) is 5.73. The Balaban J connectivity index is 2.24. The number of aliphatic hydroxyl groups is 1. The van der Waals surface area contributed by atoms with E-state index < -0.39 is 0 Å². The molecule has 0 aromatic rings. The molecule has 1 saturated heterocycles. The minimum absolute atomic E-state index is 0.203. The third-order valence-corrected chi connectivity index (χ3v) is 3.04. The molecular weight excluding hydrogens is 202 g/mol. The monoisotopic (exact) mass is 229 g/mol. The normalized spacial score (nSPS) is 29.6. The molecule has 0 bridgehead atoms. The number of likely N-dealkylation sites (tertiary alicyclic amines) is 1. The summed E-state index contributed by atoms with van der Waals surface area (Å²) in [6, 6.07) is 0. The largest absolute Gasteiger partial charge is 0.389 e. The van der Waals surface area contributed by atoms with Crippen molar-refractivity contribution in [2.45, 2.75) is 46.3 Å². The topological polar surface area (TPSA) is 32.7 Å². The summed E-state index contributed by atoms with van der Waals surface area (Å²) < 4.78 is 5.42. The van der Waals surface area contributed by atoms with Crippen LogP contribution < -0.4 is 0 Å². The molecule has 0 aromatic heterocycles. The number of β-amino-alcohol motifs (C(OH)–C–C–N with tert-alkyl or cyclic N) is 1. The first-order chi connectivity index (χ1) is 7.47. The number of rotatable bonds is 5. The maximum Gasteiger partial charge on any atom is 0.0900 e. The number of nitrogens with zero attached hydrogens (tertiary/aromatic N) is 1. The fourth-order valence-electron chi connectivity index (χ4n) is 2.60. The summed E-state index contributed by atoms with van der Waals surface area (Å²) in [4.78, 5) is 2.37. The van der Waals surface area contributed by atoms with Gasteiger partial charge in [-0.3, -0.25) is 0 Å². The molecule has 3 heteroatoms. The molecule has 1 rings (SSSR count). The third kappa shape index (κ3) is 5.28. The smallest absolute Gasteiger partial charge is 0.0900 e. The van der Waals surface area contributed by atoms with Gasteiger partial charge in [0, 0.05) is 19.6 Å². The van der Waals surface area contributed by atoms with Gasteiger partial charge in [-0.05, 0) is 32.1 Å². The van der Waals surface area contributed by atoms with Crippen molar-refractivity contribution in [1.82, 2.24) is 4.90 Å². The highest BCUT2D eigenvalue weighted by molar-refractivity contribution is 4.76. The maximum atomic E-state index is 9.86. The first-order valence-electron chi connectivity index (χ1n) is 6.49. The van der Waals surface area contributed by atoms with Crippen molar-refractivity contribution in [3.05, 3.63) is 0 Å². The van der Waals surface area contributed by atoms with E-state index in [4.69, 9.17) is 4.74 Å². The van der Waals surface area contributed by atoms with Gasteiger partial charge in [0.05, 0.1) is 18.8 Å². The summed E-state index contributed by atoms with van der Waals surface area (Å²) in [7, 11) is 0. The van der Waals surface area contributed by atoms with Gasteiger partial charge in [-0.25, -0.2) is 0 Å². The Morgan fingerprint density at radius 2 is 1.81 bits per heavy atom. The Labute approximate surface area is 99.8 Å². The van der Waals surface area contributed by atoms with E-state index in [0.29, 0.717) is 6.61 Å². The summed E-state index contributed by atoms with van der Waals surface area (Å²) in [5.41, 5.74) is 0. The Morgan fingerprint density at radius 1 is 1.25 bits per heavy atom. The molecule has 3 nitrogen and oxygen atoms in total. The van der Waals surface area contributed by atoms with Crippen molar-refractivity contribution < 1.29 is 9.84 Å². The summed E-state index contributed by atoms with van der Waals surface area (Å²) in [5, 5.41) is 9.86. The summed E-state index contributed by atoms with van der Waals surface area (Å²) in [5.74, 6) is 1.50. The highest BCUT2D eigenvalue weighted by Gasteiger charge is 2.23. The van der Waals surface area contributed by atoms with Crippen LogP contribution in [0.2, 0.25) is 0 Å². The molecule has 3 atom stereocenters. The van der Waals surface area contributed by atoms with Gasteiger partial charge < -0.3 is 14.7 Å². The minimum atomic E-state index is -0.347. The van der Waals surface area contributed by atoms with Gasteiger partial charge in [-0.2, -0.15) is 0 Å². The first kappa shape index (κ1) is 13.9. The number of ether oxygens (including phenoxy) is 1. The summed E-state index contributed by atoms with van der Waals surface area (Å²) >= 11 is 0. The molecule has 1 heterocycles. The second kappa shape index (κ2) is 6.58. The van der Waals surface area contributed by atoms with Crippen molar-refractivity contribution in [3.63, 3.8) is 0 Å². The number of aliphatic hydroxyl groups excluding tert-OH is 1. The van der Waals surface area contributed by atoms with E-state index in [2.05, 4.69) is 18.7 Å². The van der Waals surface area contributed by atoms with Gasteiger partial charge in [0.2, 0.25) is 0 Å². The molecule has 0 amide bonds. The molecule has 96 valence electrons. The SMILES string of the molecule is CC(C)OC[C@H](O)CN1C[C@H](C)C[C@@H](C)C1. The zero-order valence-electron chi connectivity index (χ0n) is 11.1. The minimum Gasteiger partial charge on any atom is -0.389 e. The maximum absolute atomic E-state index is 9.86. The first-order valence-corrected chi connectivity index (χ1v) is 6.49. The van der Waals surface area contributed by atoms with Crippen LogP contribution >= 0.6 is 0 Å². The van der Waals surface area contributed by atoms with Crippen LogP contribution in [0.3, 0.4) is 0 Å². The standard InChI is InChI=1S/C13H27NO2/c1-10(2)16-9-13(15)8-14-6-11(3)5-12(4)7-14/h10-13,15H,5-9H2,1-4H3/t11-,12-,13-/m1/s1. The summed E-state index contributed by atoms with van der Waals surface area (Å²) in [6.07, 6.45) is 1.17. The zero-order chi connectivity index (χ0) is 12.1. The fourth-order valence-corrected chi connectivity index (χ4v) is 2.60. The second-order valence-electron chi connectivity index (χ2n) is 5.70. The quantitative estimate of drug-likeness (QED) is 0.779. The van der Waals surface area contributed by atoms with E-state index in [0.717, 1.165) is 31.5 Å². The van der Waals surface area contributed by atoms with Crippen molar-refractivity contribution in [2.75, 3.05) is 26.2 Å². The highest BCUT2D eigenvalue weighted by Crippen LogP contribution is 2.20. The average Bonchev–Trinajstić information content (AvgIpc) is 2.12. The van der Waals surface area contributed by atoms with Gasteiger partial charge in [0.15, 0.2) is 0 Å². The van der Waals surface area contributed by atoms with Crippen LogP contribution in [0.5, 0.6) is 0 Å². The van der Waals surface area contributed by atoms with Gasteiger partial charge in [-0.1, -0.05) is 13.8 Å². The number of piperidine rings is 1. The Morgan fingerprint density at radius 3 is 2.31 bits per heavy atom. The molecule has 1 N–H and O–H groups in total. The fraction of sp³-hybridized carbons (Fsp3) is 1.00. The van der Waals surface area contributed by atoms with E-state index >= 15 is 0 Å². The second-order valence-corrected chi connectivity index (χ2v) is 5.70. The lowest BCUT2D eigenvalue weighted by molar-refractivity contribution is -0.0164. The van der Waals surface area contributed by atoms with Gasteiger partial charge in [0.1, 0.15) is 0 Å². The van der Waals surface area contributed by atoms with Crippen LogP contribution in [0.1, 0.15) is 34.1 Å². The molecule has 0 radical (unpaired) electrons. The van der Waals surface area contributed by atoms with E-state index in [9.17, 15) is 5.11 Å². The summed E-state index contributed by atoms with van der Waals surface area (Å²) in [6.45, 7) is 12.0. The highest BCUT2D eigenvalue weighted by atomic mass is 16.5. The molecule has 0 spiro atoms. The molecule has 0 aromatic carbocycles. The van der Waals surface area contributed by atoms with Crippen molar-refractivity contribution in [3.8, 4) is 0 Å². The third-order valence-electron chi connectivity index (χ3n) is 3.04. The van der Waals surface area contributed by atoms with Gasteiger partial charge >= 0.3 is 0 Å². The van der Waals surface area contributed by atoms with Crippen LogP contribution in [0, 0.1) is 11.8 Å². The van der Waals surface area contributed by atoms with E-state index in [1.54, 1.807) is 0 Å². The molecule has 0 unspecified atom stereocenters. The van der Waals surface area contributed by atoms with Gasteiger partial charge in [0.25, 0.3) is 0 Å². The zero-order valence-corrected chi connectivity index (χ0v) is 11.1. The lowest BCUT2D eigenvalue weighted by Gasteiger charge is -2.36. The Bertz CT molecular complexity index is 186. The van der Waals surface area contributed by atoms with Crippen molar-refractivity contribution in [2.24, 2.45) is 11.8 Å².